The Hall–Kier alpha value is -3.03. The van der Waals surface area contributed by atoms with Crippen molar-refractivity contribution in [2.24, 2.45) is 0 Å². The van der Waals surface area contributed by atoms with Crippen molar-refractivity contribution in [3.8, 4) is 0 Å². The fourth-order valence-electron chi connectivity index (χ4n) is 4.54. The highest BCUT2D eigenvalue weighted by molar-refractivity contribution is 5.85. The van der Waals surface area contributed by atoms with E-state index in [1.165, 1.54) is 4.90 Å². The summed E-state index contributed by atoms with van der Waals surface area (Å²) in [7, 11) is 0. The van der Waals surface area contributed by atoms with Gasteiger partial charge in [0.25, 0.3) is 0 Å². The summed E-state index contributed by atoms with van der Waals surface area (Å²) >= 11 is 0. The van der Waals surface area contributed by atoms with E-state index in [0.717, 1.165) is 23.0 Å². The minimum Gasteiger partial charge on any atom is -0.480 e. The molecule has 0 saturated carbocycles. The molecule has 7 nitrogen and oxygen atoms in total. The molecule has 0 heterocycles. The van der Waals surface area contributed by atoms with E-state index in [0.29, 0.717) is 32.4 Å². The number of fused-ring (bicyclic) bond motifs is 1. The summed E-state index contributed by atoms with van der Waals surface area (Å²) in [5, 5.41) is 12.6. The Labute approximate surface area is 194 Å². The molecule has 2 N–H and O–H groups in total. The summed E-state index contributed by atoms with van der Waals surface area (Å²) in [5.41, 5.74) is 1.97. The predicted octanol–water partition coefficient (Wildman–Crippen LogP) is 2.57. The molecule has 2 aromatic rings. The van der Waals surface area contributed by atoms with Crippen molar-refractivity contribution in [2.45, 2.75) is 50.8 Å². The zero-order chi connectivity index (χ0) is 23.8. The van der Waals surface area contributed by atoms with E-state index in [9.17, 15) is 19.5 Å². The van der Waals surface area contributed by atoms with Crippen LogP contribution >= 0.6 is 0 Å². The van der Waals surface area contributed by atoms with Gasteiger partial charge in [-0.05, 0) is 56.3 Å². The van der Waals surface area contributed by atoms with E-state index in [1.807, 2.05) is 61.5 Å². The normalized spacial score (nSPS) is 15.9. The molecule has 1 amide bonds. The first-order valence-electron chi connectivity index (χ1n) is 11.4. The van der Waals surface area contributed by atoms with Crippen LogP contribution in [0.3, 0.4) is 0 Å². The van der Waals surface area contributed by atoms with Crippen LogP contribution < -0.4 is 5.32 Å². The molecule has 0 saturated heterocycles. The van der Waals surface area contributed by atoms with Gasteiger partial charge >= 0.3 is 5.97 Å². The first-order valence-corrected chi connectivity index (χ1v) is 11.4. The first kappa shape index (κ1) is 24.6. The topological polar surface area (TPSA) is 95.9 Å². The van der Waals surface area contributed by atoms with Gasteiger partial charge in [-0.2, -0.15) is 0 Å². The Balaban J connectivity index is 1.66. The average Bonchev–Trinajstić information content (AvgIpc) is 3.26. The smallest absolute Gasteiger partial charge is 0.323 e. The highest BCUT2D eigenvalue weighted by Crippen LogP contribution is 2.28. The number of carbonyl (C=O) groups excluding carboxylic acids is 2. The van der Waals surface area contributed by atoms with Gasteiger partial charge in [-0.1, -0.05) is 54.6 Å². The van der Waals surface area contributed by atoms with Crippen molar-refractivity contribution >= 4 is 18.2 Å². The number of aliphatic carboxylic acids is 1. The molecular weight excluding hydrogens is 420 g/mol. The lowest BCUT2D eigenvalue weighted by Crippen LogP contribution is -2.52. The predicted molar refractivity (Wildman–Crippen MR) is 125 cm³/mol. The lowest BCUT2D eigenvalue weighted by molar-refractivity contribution is -0.147. The number of carbonyl (C=O) groups is 3. The zero-order valence-corrected chi connectivity index (χ0v) is 19.2. The maximum absolute atomic E-state index is 13.2. The number of amides is 1. The maximum Gasteiger partial charge on any atom is 0.323 e. The molecule has 0 bridgehead atoms. The number of ether oxygens (including phenoxy) is 1. The van der Waals surface area contributed by atoms with Crippen molar-refractivity contribution in [1.29, 1.82) is 0 Å². The third-order valence-electron chi connectivity index (χ3n) is 6.23. The molecule has 33 heavy (non-hydrogen) atoms. The van der Waals surface area contributed by atoms with Crippen LogP contribution in [0.25, 0.3) is 0 Å². The Morgan fingerprint density at radius 2 is 1.76 bits per heavy atom. The zero-order valence-electron chi connectivity index (χ0n) is 19.2. The second-order valence-corrected chi connectivity index (χ2v) is 8.42. The van der Waals surface area contributed by atoms with E-state index in [1.54, 1.807) is 6.92 Å². The van der Waals surface area contributed by atoms with Crippen LogP contribution in [0.15, 0.2) is 54.6 Å². The molecule has 176 valence electrons. The minimum absolute atomic E-state index is 0.183. The van der Waals surface area contributed by atoms with Crippen LogP contribution in [0.2, 0.25) is 0 Å². The van der Waals surface area contributed by atoms with Crippen LogP contribution in [0.4, 0.5) is 0 Å². The van der Waals surface area contributed by atoms with Crippen LogP contribution in [0.1, 0.15) is 37.0 Å². The molecule has 1 unspecified atom stereocenters. The Morgan fingerprint density at radius 3 is 2.30 bits per heavy atom. The van der Waals surface area contributed by atoms with Gasteiger partial charge < -0.3 is 20.1 Å². The third kappa shape index (κ3) is 5.86. The summed E-state index contributed by atoms with van der Waals surface area (Å²) in [6.07, 6.45) is 2.45. The highest BCUT2D eigenvalue weighted by atomic mass is 16.5. The molecule has 0 radical (unpaired) electrons. The van der Waals surface area contributed by atoms with Crippen molar-refractivity contribution in [2.75, 3.05) is 19.7 Å². The summed E-state index contributed by atoms with van der Waals surface area (Å²) in [6.45, 7) is 3.95. The SMILES string of the molecule is CCOC(C=O)(CCN[C@@H](C)C(=O)N(CC(=O)O)C1Cc2ccccc2C1)c1ccccc1. The van der Waals surface area contributed by atoms with Crippen molar-refractivity contribution in [3.63, 3.8) is 0 Å². The molecule has 2 atom stereocenters. The van der Waals surface area contributed by atoms with E-state index in [4.69, 9.17) is 4.74 Å². The number of hydrogen-bond acceptors (Lipinski definition) is 5. The molecule has 1 aliphatic carbocycles. The number of carboxylic acid groups (broad SMARTS) is 1. The summed E-state index contributed by atoms with van der Waals surface area (Å²) in [5.74, 6) is -1.30. The number of nitrogens with zero attached hydrogens (tertiary/aromatic N) is 1. The van der Waals surface area contributed by atoms with Crippen LogP contribution in [0.5, 0.6) is 0 Å². The van der Waals surface area contributed by atoms with Gasteiger partial charge in [-0.3, -0.25) is 14.4 Å². The third-order valence-corrected chi connectivity index (χ3v) is 6.23. The molecule has 3 rings (SSSR count). The van der Waals surface area contributed by atoms with Crippen molar-refractivity contribution < 1.29 is 24.2 Å². The van der Waals surface area contributed by atoms with E-state index >= 15 is 0 Å². The number of rotatable bonds is 12. The maximum atomic E-state index is 13.2. The summed E-state index contributed by atoms with van der Waals surface area (Å²) in [6, 6.07) is 16.5. The molecule has 0 aliphatic heterocycles. The van der Waals surface area contributed by atoms with E-state index < -0.39 is 17.6 Å². The average molecular weight is 453 g/mol. The molecular formula is C26H32N2O5. The Morgan fingerprint density at radius 1 is 1.15 bits per heavy atom. The number of hydrogen-bond donors (Lipinski definition) is 2. The Bertz CT molecular complexity index is 939. The molecule has 2 aromatic carbocycles. The van der Waals surface area contributed by atoms with Gasteiger partial charge in [0.1, 0.15) is 12.1 Å². The van der Waals surface area contributed by atoms with Crippen LogP contribution in [-0.2, 0) is 37.6 Å². The molecule has 0 aromatic heterocycles. The second-order valence-electron chi connectivity index (χ2n) is 8.42. The number of carboxylic acids is 1. The van der Waals surface area contributed by atoms with Crippen molar-refractivity contribution in [3.05, 3.63) is 71.3 Å². The lowest BCUT2D eigenvalue weighted by Gasteiger charge is -2.32. The Kier molecular flexibility index (Phi) is 8.36. The second kappa shape index (κ2) is 11.2. The summed E-state index contributed by atoms with van der Waals surface area (Å²) in [4.78, 5) is 38.3. The molecule has 7 heteroatoms. The van der Waals surface area contributed by atoms with Gasteiger partial charge in [0.05, 0.1) is 6.04 Å². The fraction of sp³-hybridized carbons (Fsp3) is 0.423. The molecule has 0 fully saturated rings. The van der Waals surface area contributed by atoms with E-state index in [2.05, 4.69) is 5.32 Å². The quantitative estimate of drug-likeness (QED) is 0.481. The minimum atomic E-state index is -1.10. The highest BCUT2D eigenvalue weighted by Gasteiger charge is 2.35. The van der Waals surface area contributed by atoms with Crippen LogP contribution in [0, 0.1) is 0 Å². The fourth-order valence-corrected chi connectivity index (χ4v) is 4.54. The number of benzene rings is 2. The van der Waals surface area contributed by atoms with Gasteiger partial charge in [0, 0.05) is 12.6 Å². The van der Waals surface area contributed by atoms with Gasteiger partial charge in [0.15, 0.2) is 6.29 Å². The largest absolute Gasteiger partial charge is 0.480 e. The van der Waals surface area contributed by atoms with Gasteiger partial charge in [-0.15, -0.1) is 0 Å². The standard InChI is InChI=1S/C26H32N2O5/c1-3-33-26(18-29,22-11-5-4-6-12-22)13-14-27-19(2)25(32)28(17-24(30)31)23-15-20-9-7-8-10-21(20)16-23/h4-12,18-19,23,27H,3,13-17H2,1-2H3,(H,30,31)/t19-,26?/m0/s1. The van der Waals surface area contributed by atoms with Crippen molar-refractivity contribution in [1.82, 2.24) is 10.2 Å². The van der Waals surface area contributed by atoms with E-state index in [-0.39, 0.29) is 18.5 Å². The molecule has 1 aliphatic rings. The van der Waals surface area contributed by atoms with Gasteiger partial charge in [-0.25, -0.2) is 0 Å². The summed E-state index contributed by atoms with van der Waals surface area (Å²) < 4.78 is 5.84. The lowest BCUT2D eigenvalue weighted by atomic mass is 9.91. The van der Waals surface area contributed by atoms with Gasteiger partial charge in [0.2, 0.25) is 5.91 Å². The number of aldehydes is 1. The number of nitrogens with one attached hydrogen (secondary N) is 1. The first-order chi connectivity index (χ1) is 15.9. The molecule has 0 spiro atoms. The van der Waals surface area contributed by atoms with Crippen LogP contribution in [-0.4, -0.2) is 59.9 Å². The monoisotopic (exact) mass is 452 g/mol.